The molecule has 1 aromatic heterocycles. The van der Waals surface area contributed by atoms with Gasteiger partial charge in [-0.15, -0.1) is 0 Å². The molecule has 0 spiro atoms. The highest BCUT2D eigenvalue weighted by molar-refractivity contribution is 6.35. The van der Waals surface area contributed by atoms with Crippen LogP contribution in [-0.4, -0.2) is 17.6 Å². The first-order valence-electron chi connectivity index (χ1n) is 7.44. The number of H-pyrrole nitrogens is 1. The minimum Gasteiger partial charge on any atom is -0.427 e. The molecule has 0 radical (unpaired) electrons. The smallest absolute Gasteiger partial charge is 0.417 e. The number of esters is 1. The fourth-order valence-electron chi connectivity index (χ4n) is 3.20. The molecule has 24 heavy (non-hydrogen) atoms. The minimum atomic E-state index is -4.52. The molecule has 0 fully saturated rings. The highest BCUT2D eigenvalue weighted by Gasteiger charge is 2.44. The van der Waals surface area contributed by atoms with Crippen molar-refractivity contribution in [2.45, 2.75) is 38.7 Å². The van der Waals surface area contributed by atoms with E-state index in [-0.39, 0.29) is 35.4 Å². The summed E-state index contributed by atoms with van der Waals surface area (Å²) in [6, 6.07) is 2.17. The van der Waals surface area contributed by atoms with E-state index in [4.69, 9.17) is 21.1 Å². The van der Waals surface area contributed by atoms with E-state index in [0.29, 0.717) is 11.3 Å². The highest BCUT2D eigenvalue weighted by atomic mass is 35.5. The molecule has 4 nitrogen and oxygen atoms in total. The summed E-state index contributed by atoms with van der Waals surface area (Å²) in [6.07, 6.45) is -4.00. The Labute approximate surface area is 140 Å². The van der Waals surface area contributed by atoms with Crippen LogP contribution in [0.1, 0.15) is 37.1 Å². The zero-order valence-corrected chi connectivity index (χ0v) is 13.8. The fourth-order valence-corrected chi connectivity index (χ4v) is 3.41. The molecule has 1 atom stereocenters. The molecule has 0 aliphatic carbocycles. The van der Waals surface area contributed by atoms with Crippen LogP contribution in [0.3, 0.4) is 0 Å². The zero-order valence-electron chi connectivity index (χ0n) is 13.0. The van der Waals surface area contributed by atoms with Crippen LogP contribution in [0.15, 0.2) is 12.1 Å². The van der Waals surface area contributed by atoms with Crippen molar-refractivity contribution in [3.05, 3.63) is 34.0 Å². The summed E-state index contributed by atoms with van der Waals surface area (Å²) in [5.74, 6) is -2.00. The van der Waals surface area contributed by atoms with Gasteiger partial charge in [0.2, 0.25) is 0 Å². The lowest BCUT2D eigenvalue weighted by Gasteiger charge is -2.35. The molecule has 1 aromatic carbocycles. The quantitative estimate of drug-likeness (QED) is 0.799. The largest absolute Gasteiger partial charge is 0.427 e. The Kier molecular flexibility index (Phi) is 4.04. The molecule has 2 aromatic rings. The van der Waals surface area contributed by atoms with Gasteiger partial charge in [0.25, 0.3) is 5.79 Å². The molecule has 2 heterocycles. The summed E-state index contributed by atoms with van der Waals surface area (Å²) >= 11 is 6.09. The molecule has 0 saturated carbocycles. The van der Waals surface area contributed by atoms with Crippen molar-refractivity contribution in [2.75, 3.05) is 6.61 Å². The van der Waals surface area contributed by atoms with Gasteiger partial charge >= 0.3 is 12.1 Å². The van der Waals surface area contributed by atoms with E-state index >= 15 is 0 Å². The van der Waals surface area contributed by atoms with Crippen LogP contribution in [0, 0.1) is 0 Å². The van der Waals surface area contributed by atoms with Crippen LogP contribution in [0.25, 0.3) is 10.9 Å². The number of nitrogens with one attached hydrogen (secondary N) is 1. The number of hydrogen-bond donors (Lipinski definition) is 1. The first-order valence-corrected chi connectivity index (χ1v) is 7.81. The lowest BCUT2D eigenvalue weighted by Crippen LogP contribution is -2.39. The van der Waals surface area contributed by atoms with Gasteiger partial charge in [-0.1, -0.05) is 18.5 Å². The number of carbonyl (C=O) groups excluding carboxylic acids is 1. The number of alkyl halides is 3. The first kappa shape index (κ1) is 17.1. The van der Waals surface area contributed by atoms with Crippen molar-refractivity contribution in [2.24, 2.45) is 0 Å². The Balaban J connectivity index is 2.34. The van der Waals surface area contributed by atoms with E-state index in [9.17, 15) is 18.0 Å². The summed E-state index contributed by atoms with van der Waals surface area (Å²) < 4.78 is 51.2. The number of hydrogen-bond acceptors (Lipinski definition) is 3. The van der Waals surface area contributed by atoms with Gasteiger partial charge in [0.05, 0.1) is 28.4 Å². The van der Waals surface area contributed by atoms with E-state index < -0.39 is 23.5 Å². The van der Waals surface area contributed by atoms with Crippen molar-refractivity contribution >= 4 is 28.5 Å². The SMILES string of the molecule is CCC1(OC(C)=O)OCCc2c1[nH]c1c(Cl)ccc(C(F)(F)F)c21. The Morgan fingerprint density at radius 1 is 1.46 bits per heavy atom. The van der Waals surface area contributed by atoms with Gasteiger partial charge in [0.15, 0.2) is 0 Å². The van der Waals surface area contributed by atoms with Gasteiger partial charge in [-0.05, 0) is 24.1 Å². The summed E-state index contributed by atoms with van der Waals surface area (Å²) in [5, 5.41) is 0.179. The van der Waals surface area contributed by atoms with Crippen LogP contribution in [-0.2, 0) is 32.7 Å². The Hall–Kier alpha value is -1.73. The molecule has 0 amide bonds. The third-order valence-corrected chi connectivity index (χ3v) is 4.47. The fraction of sp³-hybridized carbons (Fsp3) is 0.438. The topological polar surface area (TPSA) is 51.3 Å². The maximum atomic E-state index is 13.4. The van der Waals surface area contributed by atoms with Crippen molar-refractivity contribution in [1.82, 2.24) is 4.98 Å². The summed E-state index contributed by atoms with van der Waals surface area (Å²) in [7, 11) is 0. The van der Waals surface area contributed by atoms with E-state index in [2.05, 4.69) is 4.98 Å². The Morgan fingerprint density at radius 3 is 2.75 bits per heavy atom. The maximum absolute atomic E-state index is 13.4. The first-order chi connectivity index (χ1) is 11.2. The molecule has 1 aliphatic rings. The van der Waals surface area contributed by atoms with Crippen LogP contribution in [0.2, 0.25) is 5.02 Å². The molecule has 3 rings (SSSR count). The molecule has 0 bridgehead atoms. The molecule has 0 saturated heterocycles. The van der Waals surface area contributed by atoms with Gasteiger partial charge in [0, 0.05) is 18.7 Å². The van der Waals surface area contributed by atoms with Gasteiger partial charge in [-0.2, -0.15) is 13.2 Å². The predicted octanol–water partition coefficient (Wildman–Crippen LogP) is 4.54. The molecular weight excluding hydrogens is 347 g/mol. The number of aromatic nitrogens is 1. The Morgan fingerprint density at radius 2 is 2.17 bits per heavy atom. The summed E-state index contributed by atoms with van der Waals surface area (Å²) in [4.78, 5) is 14.4. The lowest BCUT2D eigenvalue weighted by molar-refractivity contribution is -0.245. The second kappa shape index (κ2) is 5.67. The highest BCUT2D eigenvalue weighted by Crippen LogP contribution is 2.45. The van der Waals surface area contributed by atoms with E-state index in [1.54, 1.807) is 6.92 Å². The van der Waals surface area contributed by atoms with E-state index in [1.807, 2.05) is 0 Å². The van der Waals surface area contributed by atoms with Gasteiger partial charge in [-0.25, -0.2) is 0 Å². The third kappa shape index (κ3) is 2.56. The van der Waals surface area contributed by atoms with Crippen molar-refractivity contribution in [3.8, 4) is 0 Å². The second-order valence-electron chi connectivity index (χ2n) is 5.62. The Bertz CT molecular complexity index is 815. The second-order valence-corrected chi connectivity index (χ2v) is 6.03. The number of benzene rings is 1. The van der Waals surface area contributed by atoms with Crippen molar-refractivity contribution < 1.29 is 27.4 Å². The molecule has 8 heteroatoms. The van der Waals surface area contributed by atoms with Crippen LogP contribution in [0.5, 0.6) is 0 Å². The van der Waals surface area contributed by atoms with E-state index in [0.717, 1.165) is 6.07 Å². The standard InChI is InChI=1S/C16H15ClF3NO3/c1-3-15(24-8(2)22)14-9(6-7-23-15)12-10(16(18,19)20)4-5-11(17)13(12)21-14/h4-5,21H,3,6-7H2,1-2H3. The number of fused-ring (bicyclic) bond motifs is 3. The van der Waals surface area contributed by atoms with Gasteiger partial charge < -0.3 is 14.5 Å². The molecule has 1 unspecified atom stereocenters. The van der Waals surface area contributed by atoms with Crippen LogP contribution in [0.4, 0.5) is 13.2 Å². The van der Waals surface area contributed by atoms with Gasteiger partial charge in [-0.3, -0.25) is 4.79 Å². The van der Waals surface area contributed by atoms with Crippen molar-refractivity contribution in [3.63, 3.8) is 0 Å². The van der Waals surface area contributed by atoms with E-state index in [1.165, 1.54) is 13.0 Å². The number of rotatable bonds is 2. The summed E-state index contributed by atoms with van der Waals surface area (Å²) in [5.41, 5.74) is 0.148. The zero-order chi connectivity index (χ0) is 17.7. The molecule has 1 aliphatic heterocycles. The lowest BCUT2D eigenvalue weighted by atomic mass is 9.96. The maximum Gasteiger partial charge on any atom is 0.417 e. The number of carbonyl (C=O) groups is 1. The third-order valence-electron chi connectivity index (χ3n) is 4.16. The number of aromatic amines is 1. The average Bonchev–Trinajstić information content (AvgIpc) is 2.87. The number of ether oxygens (including phenoxy) is 2. The monoisotopic (exact) mass is 361 g/mol. The van der Waals surface area contributed by atoms with Gasteiger partial charge in [0.1, 0.15) is 0 Å². The average molecular weight is 362 g/mol. The number of halogens is 4. The molecule has 1 N–H and O–H groups in total. The summed E-state index contributed by atoms with van der Waals surface area (Å²) in [6.45, 7) is 3.10. The normalized spacial score (nSPS) is 20.9. The predicted molar refractivity (Wildman–Crippen MR) is 81.7 cm³/mol. The minimum absolute atomic E-state index is 0.0123. The van der Waals surface area contributed by atoms with Crippen LogP contribution < -0.4 is 0 Å². The van der Waals surface area contributed by atoms with Crippen LogP contribution >= 0.6 is 11.6 Å². The van der Waals surface area contributed by atoms with Crippen molar-refractivity contribution in [1.29, 1.82) is 0 Å². The molecular formula is C16H15ClF3NO3. The molecule has 130 valence electrons.